The van der Waals surface area contributed by atoms with Crippen LogP contribution >= 0.6 is 0 Å². The predicted molar refractivity (Wildman–Crippen MR) is 109 cm³/mol. The molecule has 3 heterocycles. The van der Waals surface area contributed by atoms with Crippen LogP contribution in [0.5, 0.6) is 0 Å². The summed E-state index contributed by atoms with van der Waals surface area (Å²) in [6, 6.07) is 9.56. The molecule has 1 amide bonds. The molecule has 1 unspecified atom stereocenters. The van der Waals surface area contributed by atoms with Crippen molar-refractivity contribution in [1.82, 2.24) is 24.4 Å². The highest BCUT2D eigenvalue weighted by molar-refractivity contribution is 6.16. The average Bonchev–Trinajstić information content (AvgIpc) is 3.20. The number of hydrogen-bond acceptors (Lipinski definition) is 5. The molecule has 1 atom stereocenters. The van der Waals surface area contributed by atoms with E-state index in [0.29, 0.717) is 5.82 Å². The Balaban J connectivity index is 1.96. The molecule has 2 aromatic heterocycles. The number of amides is 1. The smallest absolute Gasteiger partial charge is 0.248 e. The first kappa shape index (κ1) is 19.1. The van der Waals surface area contributed by atoms with Crippen molar-refractivity contribution in [1.29, 1.82) is 0 Å². The van der Waals surface area contributed by atoms with Gasteiger partial charge in [0.2, 0.25) is 5.91 Å². The highest BCUT2D eigenvalue weighted by atomic mass is 16.7. The van der Waals surface area contributed by atoms with Crippen molar-refractivity contribution in [2.75, 3.05) is 14.2 Å². The van der Waals surface area contributed by atoms with Gasteiger partial charge in [0.15, 0.2) is 5.82 Å². The molecular formula is C21H24N6O2. The maximum atomic E-state index is 12.6. The van der Waals surface area contributed by atoms with Gasteiger partial charge in [-0.25, -0.2) is 5.06 Å². The fourth-order valence-electron chi connectivity index (χ4n) is 3.69. The summed E-state index contributed by atoms with van der Waals surface area (Å²) >= 11 is 0. The lowest BCUT2D eigenvalue weighted by molar-refractivity contribution is -0.169. The van der Waals surface area contributed by atoms with Gasteiger partial charge >= 0.3 is 0 Å². The highest BCUT2D eigenvalue weighted by Gasteiger charge is 2.32. The van der Waals surface area contributed by atoms with E-state index in [2.05, 4.69) is 27.9 Å². The Kier molecular flexibility index (Phi) is 4.79. The summed E-state index contributed by atoms with van der Waals surface area (Å²) in [4.78, 5) is 22.7. The predicted octanol–water partition coefficient (Wildman–Crippen LogP) is 2.52. The van der Waals surface area contributed by atoms with E-state index < -0.39 is 6.04 Å². The van der Waals surface area contributed by atoms with E-state index in [-0.39, 0.29) is 12.3 Å². The zero-order valence-electron chi connectivity index (χ0n) is 17.2. The summed E-state index contributed by atoms with van der Waals surface area (Å²) in [5, 5.41) is 9.88. The monoisotopic (exact) mass is 392 g/mol. The third-order valence-electron chi connectivity index (χ3n) is 5.41. The topological polar surface area (TPSA) is 77.5 Å². The van der Waals surface area contributed by atoms with Gasteiger partial charge in [-0.3, -0.25) is 19.2 Å². The number of carbonyl (C=O) groups excluding carboxylic acids is 1. The Morgan fingerprint density at radius 1 is 1.21 bits per heavy atom. The minimum absolute atomic E-state index is 0.133. The molecule has 4 rings (SSSR count). The third-order valence-corrected chi connectivity index (χ3v) is 5.41. The van der Waals surface area contributed by atoms with Crippen LogP contribution in [0.4, 0.5) is 0 Å². The summed E-state index contributed by atoms with van der Waals surface area (Å²) in [6.07, 6.45) is 2.20. The number of carbonyl (C=O) groups is 1. The van der Waals surface area contributed by atoms with Crippen LogP contribution < -0.4 is 0 Å². The first-order chi connectivity index (χ1) is 13.9. The molecule has 0 saturated heterocycles. The van der Waals surface area contributed by atoms with Gasteiger partial charge in [-0.1, -0.05) is 30.3 Å². The number of aliphatic imine (C=N–C) groups is 1. The zero-order chi connectivity index (χ0) is 20.7. The molecule has 3 aromatic rings. The van der Waals surface area contributed by atoms with E-state index in [1.54, 1.807) is 7.05 Å². The summed E-state index contributed by atoms with van der Waals surface area (Å²) in [6.45, 7) is 3.98. The molecule has 0 aliphatic carbocycles. The van der Waals surface area contributed by atoms with E-state index in [1.807, 2.05) is 48.9 Å². The quantitative estimate of drug-likeness (QED) is 0.639. The fourth-order valence-corrected chi connectivity index (χ4v) is 3.69. The molecule has 0 bridgehead atoms. The maximum Gasteiger partial charge on any atom is 0.248 e. The summed E-state index contributed by atoms with van der Waals surface area (Å²) < 4.78 is 4.09. The first-order valence-corrected chi connectivity index (χ1v) is 9.44. The van der Waals surface area contributed by atoms with Crippen LogP contribution in [0.15, 0.2) is 41.5 Å². The number of nitrogens with zero attached hydrogens (tertiary/aromatic N) is 6. The van der Waals surface area contributed by atoms with Crippen LogP contribution in [0.1, 0.15) is 40.9 Å². The van der Waals surface area contributed by atoms with Crippen molar-refractivity contribution in [3.63, 3.8) is 0 Å². The van der Waals surface area contributed by atoms with Gasteiger partial charge in [-0.05, 0) is 13.8 Å². The normalized spacial score (nSPS) is 15.3. The molecule has 0 N–H and O–H groups in total. The molecule has 0 saturated carbocycles. The number of rotatable bonds is 4. The second-order valence-corrected chi connectivity index (χ2v) is 7.16. The van der Waals surface area contributed by atoms with Crippen molar-refractivity contribution in [3.05, 3.63) is 65.0 Å². The Morgan fingerprint density at radius 2 is 1.93 bits per heavy atom. The Hall–Kier alpha value is -3.26. The highest BCUT2D eigenvalue weighted by Crippen LogP contribution is 2.34. The Bertz CT molecular complexity index is 1100. The van der Waals surface area contributed by atoms with Crippen molar-refractivity contribution >= 4 is 11.6 Å². The van der Waals surface area contributed by atoms with Crippen LogP contribution in [0.2, 0.25) is 0 Å². The molecule has 1 aliphatic heterocycles. The molecule has 8 heteroatoms. The van der Waals surface area contributed by atoms with Crippen LogP contribution in [-0.4, -0.2) is 50.2 Å². The minimum atomic E-state index is -0.478. The SMILES string of the molecule is CON(C)C(=O)CC1N=C(c2ccccc2)c2c(cn(C)c2C)-n2c(C)nnc21. The number of benzene rings is 1. The van der Waals surface area contributed by atoms with Gasteiger partial charge in [0, 0.05) is 37.1 Å². The van der Waals surface area contributed by atoms with Crippen LogP contribution in [0, 0.1) is 13.8 Å². The number of fused-ring (bicyclic) bond motifs is 3. The van der Waals surface area contributed by atoms with Gasteiger partial charge in [-0.15, -0.1) is 10.2 Å². The Morgan fingerprint density at radius 3 is 2.62 bits per heavy atom. The Labute approximate surface area is 169 Å². The number of hydroxylamine groups is 2. The lowest BCUT2D eigenvalue weighted by Crippen LogP contribution is -2.27. The van der Waals surface area contributed by atoms with Gasteiger partial charge in [0.25, 0.3) is 0 Å². The second-order valence-electron chi connectivity index (χ2n) is 7.16. The second kappa shape index (κ2) is 7.29. The van der Waals surface area contributed by atoms with E-state index in [1.165, 1.54) is 12.2 Å². The molecule has 150 valence electrons. The minimum Gasteiger partial charge on any atom is -0.352 e. The van der Waals surface area contributed by atoms with Gasteiger partial charge < -0.3 is 4.57 Å². The number of aromatic nitrogens is 4. The molecule has 0 radical (unpaired) electrons. The fraction of sp³-hybridized carbons (Fsp3) is 0.333. The molecule has 1 aliphatic rings. The lowest BCUT2D eigenvalue weighted by Gasteiger charge is -2.17. The van der Waals surface area contributed by atoms with E-state index in [9.17, 15) is 4.79 Å². The molecule has 1 aromatic carbocycles. The van der Waals surface area contributed by atoms with Gasteiger partial charge in [0.05, 0.1) is 24.9 Å². The van der Waals surface area contributed by atoms with Crippen molar-refractivity contribution in [3.8, 4) is 5.69 Å². The standard InChI is InChI=1S/C21H24N6O2/c1-13-19-17(12-25(13)3)27-14(2)23-24-21(27)16(11-18(28)26(4)29-5)22-20(19)15-9-7-6-8-10-15/h6-10,12,16H,11H2,1-5H3. The van der Waals surface area contributed by atoms with Gasteiger partial charge in [-0.2, -0.15) is 0 Å². The number of hydrogen-bond donors (Lipinski definition) is 0. The van der Waals surface area contributed by atoms with Crippen molar-refractivity contribution in [2.24, 2.45) is 12.0 Å². The summed E-state index contributed by atoms with van der Waals surface area (Å²) in [5.74, 6) is 1.23. The molecule has 8 nitrogen and oxygen atoms in total. The van der Waals surface area contributed by atoms with Crippen LogP contribution in [-0.2, 0) is 16.7 Å². The maximum absolute atomic E-state index is 12.6. The van der Waals surface area contributed by atoms with Crippen LogP contribution in [0.3, 0.4) is 0 Å². The van der Waals surface area contributed by atoms with Crippen molar-refractivity contribution in [2.45, 2.75) is 26.3 Å². The molecule has 29 heavy (non-hydrogen) atoms. The van der Waals surface area contributed by atoms with Crippen LogP contribution in [0.25, 0.3) is 5.69 Å². The van der Waals surface area contributed by atoms with E-state index in [4.69, 9.17) is 9.83 Å². The first-order valence-electron chi connectivity index (χ1n) is 9.44. The largest absolute Gasteiger partial charge is 0.352 e. The summed E-state index contributed by atoms with van der Waals surface area (Å²) in [7, 11) is 5.08. The zero-order valence-corrected chi connectivity index (χ0v) is 17.2. The summed E-state index contributed by atoms with van der Waals surface area (Å²) in [5.41, 5.74) is 4.93. The van der Waals surface area contributed by atoms with E-state index in [0.717, 1.165) is 34.0 Å². The molecule has 0 fully saturated rings. The molecular weight excluding hydrogens is 368 g/mol. The third kappa shape index (κ3) is 3.15. The van der Waals surface area contributed by atoms with Crippen molar-refractivity contribution < 1.29 is 9.63 Å². The van der Waals surface area contributed by atoms with Gasteiger partial charge in [0.1, 0.15) is 11.9 Å². The molecule has 0 spiro atoms. The van der Waals surface area contributed by atoms with E-state index >= 15 is 0 Å². The lowest BCUT2D eigenvalue weighted by atomic mass is 10.0. The number of aryl methyl sites for hydroxylation is 2. The average molecular weight is 392 g/mol.